The van der Waals surface area contributed by atoms with Crippen molar-refractivity contribution in [2.45, 2.75) is 13.3 Å². The van der Waals surface area contributed by atoms with Gasteiger partial charge in [0.1, 0.15) is 17.9 Å². The van der Waals surface area contributed by atoms with E-state index in [9.17, 15) is 13.2 Å². The number of primary amides is 1. The zero-order valence-electron chi connectivity index (χ0n) is 15.0. The highest BCUT2D eigenvalue weighted by molar-refractivity contribution is 7.86. The van der Waals surface area contributed by atoms with Crippen LogP contribution in [-0.4, -0.2) is 61.4 Å². The van der Waals surface area contributed by atoms with E-state index in [0.29, 0.717) is 43.9 Å². The molecule has 3 rings (SSSR count). The first-order chi connectivity index (χ1) is 12.8. The van der Waals surface area contributed by atoms with Crippen molar-refractivity contribution in [2.75, 3.05) is 37.7 Å². The normalized spacial score (nSPS) is 16.3. The standard InChI is InChI=1S/C16H22N6O4S/c1-11-7-12-13(8-14(11)26-9-15(17)23)19-10-20-16(12)21-3-2-4-22(6-5-21)27(18,24)25/h7-8,10H,2-6,9H2,1H3,(H2,17,23)(H2,18,24,25). The molecule has 0 atom stereocenters. The zero-order valence-corrected chi connectivity index (χ0v) is 15.8. The zero-order chi connectivity index (χ0) is 19.6. The van der Waals surface area contributed by atoms with Crippen molar-refractivity contribution in [3.05, 3.63) is 24.0 Å². The van der Waals surface area contributed by atoms with Crippen LogP contribution in [-0.2, 0) is 15.0 Å². The number of nitrogens with zero attached hydrogens (tertiary/aromatic N) is 4. The van der Waals surface area contributed by atoms with E-state index in [2.05, 4.69) is 9.97 Å². The van der Waals surface area contributed by atoms with Gasteiger partial charge in [-0.15, -0.1) is 0 Å². The van der Waals surface area contributed by atoms with Gasteiger partial charge in [-0.25, -0.2) is 15.1 Å². The van der Waals surface area contributed by atoms with Gasteiger partial charge in [0.2, 0.25) is 0 Å². The van der Waals surface area contributed by atoms with Gasteiger partial charge >= 0.3 is 0 Å². The number of rotatable bonds is 5. The maximum atomic E-state index is 11.6. The highest BCUT2D eigenvalue weighted by Crippen LogP contribution is 2.30. The molecule has 2 aromatic rings. The van der Waals surface area contributed by atoms with E-state index in [4.69, 9.17) is 15.6 Å². The van der Waals surface area contributed by atoms with Crippen LogP contribution in [0.25, 0.3) is 10.9 Å². The first-order valence-electron chi connectivity index (χ1n) is 8.45. The molecular weight excluding hydrogens is 372 g/mol. The second-order valence-electron chi connectivity index (χ2n) is 6.37. The quantitative estimate of drug-likeness (QED) is 0.696. The summed E-state index contributed by atoms with van der Waals surface area (Å²) in [5, 5.41) is 6.07. The highest BCUT2D eigenvalue weighted by Gasteiger charge is 2.23. The molecule has 11 heteroatoms. The Kier molecular flexibility index (Phi) is 5.44. The third-order valence-electron chi connectivity index (χ3n) is 4.40. The van der Waals surface area contributed by atoms with Crippen LogP contribution in [0, 0.1) is 6.92 Å². The molecule has 1 amide bonds. The van der Waals surface area contributed by atoms with Crippen molar-refractivity contribution >= 4 is 32.8 Å². The Balaban J connectivity index is 1.91. The molecule has 27 heavy (non-hydrogen) atoms. The Hall–Kier alpha value is -2.50. The number of anilines is 1. The van der Waals surface area contributed by atoms with Gasteiger partial charge in [-0.2, -0.15) is 12.7 Å². The molecule has 2 heterocycles. The van der Waals surface area contributed by atoms with E-state index < -0.39 is 16.1 Å². The number of amides is 1. The summed E-state index contributed by atoms with van der Waals surface area (Å²) in [6.45, 7) is 3.45. The maximum Gasteiger partial charge on any atom is 0.276 e. The van der Waals surface area contributed by atoms with E-state index in [1.165, 1.54) is 10.6 Å². The summed E-state index contributed by atoms with van der Waals surface area (Å²) in [7, 11) is -3.70. The summed E-state index contributed by atoms with van der Waals surface area (Å²) in [4.78, 5) is 21.7. The second kappa shape index (κ2) is 7.62. The Bertz CT molecular complexity index is 965. The number of aryl methyl sites for hydroxylation is 1. The molecule has 0 aliphatic carbocycles. The molecule has 1 fully saturated rings. The maximum absolute atomic E-state index is 11.6. The first-order valence-corrected chi connectivity index (χ1v) is 9.95. The number of hydrogen-bond acceptors (Lipinski definition) is 7. The lowest BCUT2D eigenvalue weighted by molar-refractivity contribution is -0.119. The van der Waals surface area contributed by atoms with Crippen molar-refractivity contribution in [1.82, 2.24) is 14.3 Å². The van der Waals surface area contributed by atoms with Gasteiger partial charge in [0, 0.05) is 37.6 Å². The van der Waals surface area contributed by atoms with Crippen LogP contribution in [0.3, 0.4) is 0 Å². The molecule has 4 N–H and O–H groups in total. The topological polar surface area (TPSA) is 145 Å². The van der Waals surface area contributed by atoms with Gasteiger partial charge in [0.05, 0.1) is 5.52 Å². The SMILES string of the molecule is Cc1cc2c(N3CCCN(S(N)(=O)=O)CC3)ncnc2cc1OCC(N)=O. The minimum absolute atomic E-state index is 0.209. The molecule has 1 aromatic heterocycles. The van der Waals surface area contributed by atoms with Crippen LogP contribution in [0.5, 0.6) is 5.75 Å². The molecule has 1 saturated heterocycles. The number of carbonyl (C=O) groups excluding carboxylic acids is 1. The van der Waals surface area contributed by atoms with Crippen molar-refractivity contribution in [1.29, 1.82) is 0 Å². The smallest absolute Gasteiger partial charge is 0.276 e. The minimum Gasteiger partial charge on any atom is -0.483 e. The summed E-state index contributed by atoms with van der Waals surface area (Å²) >= 11 is 0. The fraction of sp³-hybridized carbons (Fsp3) is 0.438. The van der Waals surface area contributed by atoms with Crippen molar-refractivity contribution in [3.63, 3.8) is 0 Å². The fourth-order valence-corrected chi connectivity index (χ4v) is 3.81. The van der Waals surface area contributed by atoms with Gasteiger partial charge in [-0.3, -0.25) is 4.79 Å². The van der Waals surface area contributed by atoms with Crippen molar-refractivity contribution in [3.8, 4) is 5.75 Å². The van der Waals surface area contributed by atoms with Gasteiger partial charge in [0.25, 0.3) is 16.1 Å². The van der Waals surface area contributed by atoms with Crippen molar-refractivity contribution < 1.29 is 17.9 Å². The predicted molar refractivity (Wildman–Crippen MR) is 100 cm³/mol. The average Bonchev–Trinajstić information content (AvgIpc) is 2.85. The second-order valence-corrected chi connectivity index (χ2v) is 7.92. The summed E-state index contributed by atoms with van der Waals surface area (Å²) in [5.41, 5.74) is 6.61. The summed E-state index contributed by atoms with van der Waals surface area (Å²) in [5.74, 6) is 0.699. The number of ether oxygens (including phenoxy) is 1. The van der Waals surface area contributed by atoms with Gasteiger partial charge in [0.15, 0.2) is 6.61 Å². The van der Waals surface area contributed by atoms with E-state index in [1.807, 2.05) is 17.9 Å². The van der Waals surface area contributed by atoms with E-state index in [-0.39, 0.29) is 6.61 Å². The third kappa shape index (κ3) is 4.43. The highest BCUT2D eigenvalue weighted by atomic mass is 32.2. The molecule has 0 unspecified atom stereocenters. The number of fused-ring (bicyclic) bond motifs is 1. The molecular formula is C16H22N6O4S. The molecule has 0 radical (unpaired) electrons. The van der Waals surface area contributed by atoms with Crippen LogP contribution in [0.15, 0.2) is 18.5 Å². The Labute approximate surface area is 157 Å². The Morgan fingerprint density at radius 3 is 2.70 bits per heavy atom. The van der Waals surface area contributed by atoms with Gasteiger partial charge < -0.3 is 15.4 Å². The number of benzene rings is 1. The lowest BCUT2D eigenvalue weighted by Gasteiger charge is -2.23. The van der Waals surface area contributed by atoms with Crippen LogP contribution in [0.1, 0.15) is 12.0 Å². The average molecular weight is 394 g/mol. The van der Waals surface area contributed by atoms with Crippen LogP contribution in [0.4, 0.5) is 5.82 Å². The first kappa shape index (κ1) is 19.3. The lowest BCUT2D eigenvalue weighted by Crippen LogP contribution is -2.39. The Morgan fingerprint density at radius 2 is 2.00 bits per heavy atom. The van der Waals surface area contributed by atoms with E-state index >= 15 is 0 Å². The lowest BCUT2D eigenvalue weighted by atomic mass is 10.1. The molecule has 10 nitrogen and oxygen atoms in total. The molecule has 0 bridgehead atoms. The molecule has 1 aromatic carbocycles. The molecule has 146 valence electrons. The van der Waals surface area contributed by atoms with Crippen LogP contribution in [0.2, 0.25) is 0 Å². The summed E-state index contributed by atoms with van der Waals surface area (Å²) in [6, 6.07) is 3.64. The largest absolute Gasteiger partial charge is 0.483 e. The minimum atomic E-state index is -3.70. The van der Waals surface area contributed by atoms with E-state index in [1.54, 1.807) is 6.07 Å². The number of carbonyl (C=O) groups is 1. The molecule has 1 aliphatic rings. The number of aromatic nitrogens is 2. The van der Waals surface area contributed by atoms with Crippen LogP contribution >= 0.6 is 0 Å². The van der Waals surface area contributed by atoms with Crippen LogP contribution < -0.4 is 20.5 Å². The van der Waals surface area contributed by atoms with Crippen molar-refractivity contribution in [2.24, 2.45) is 10.9 Å². The third-order valence-corrected chi connectivity index (χ3v) is 5.48. The fourth-order valence-electron chi connectivity index (χ4n) is 3.09. The van der Waals surface area contributed by atoms with Gasteiger partial charge in [-0.1, -0.05) is 0 Å². The monoisotopic (exact) mass is 394 g/mol. The molecule has 0 saturated carbocycles. The Morgan fingerprint density at radius 1 is 1.22 bits per heavy atom. The van der Waals surface area contributed by atoms with Gasteiger partial charge in [-0.05, 0) is 25.0 Å². The predicted octanol–water partition coefficient (Wildman–Crippen LogP) is -0.482. The summed E-state index contributed by atoms with van der Waals surface area (Å²) in [6.07, 6.45) is 2.09. The number of nitrogens with two attached hydrogens (primary N) is 2. The molecule has 1 aliphatic heterocycles. The summed E-state index contributed by atoms with van der Waals surface area (Å²) < 4.78 is 29.9. The molecule has 0 spiro atoms. The van der Waals surface area contributed by atoms with E-state index in [0.717, 1.165) is 16.8 Å². The number of hydrogen-bond donors (Lipinski definition) is 2.